The van der Waals surface area contributed by atoms with Crippen LogP contribution in [0.4, 0.5) is 13.2 Å². The van der Waals surface area contributed by atoms with Crippen molar-refractivity contribution in [2.24, 2.45) is 5.73 Å². The van der Waals surface area contributed by atoms with Gasteiger partial charge in [0, 0.05) is 37.8 Å². The minimum atomic E-state index is -5.08. The summed E-state index contributed by atoms with van der Waals surface area (Å²) in [6.45, 7) is 3.59. The summed E-state index contributed by atoms with van der Waals surface area (Å²) in [4.78, 5) is 23.9. The summed E-state index contributed by atoms with van der Waals surface area (Å²) < 4.78 is 42.4. The molecule has 3 aromatic carbocycles. The number of hydrogen-bond donors (Lipinski definition) is 3. The number of likely N-dealkylation sites (tertiary alicyclic amines) is 1. The van der Waals surface area contributed by atoms with Gasteiger partial charge >= 0.3 is 12.1 Å². The van der Waals surface area contributed by atoms with Crippen LogP contribution in [-0.4, -0.2) is 54.0 Å². The van der Waals surface area contributed by atoms with Gasteiger partial charge in [0.25, 0.3) is 5.91 Å². The Morgan fingerprint density at radius 1 is 0.974 bits per heavy atom. The first-order chi connectivity index (χ1) is 18.6. The van der Waals surface area contributed by atoms with Crippen molar-refractivity contribution in [3.05, 3.63) is 83.4 Å². The number of benzene rings is 3. The number of carboxylic acid groups (broad SMARTS) is 1. The molecule has 1 amide bonds. The number of aliphatic carboxylic acids is 1. The molecule has 0 aromatic heterocycles. The molecule has 4 N–H and O–H groups in total. The minimum Gasteiger partial charge on any atom is -0.475 e. The number of nitrogens with two attached hydrogens (primary N) is 1. The Bertz CT molecular complexity index is 1330. The zero-order chi connectivity index (χ0) is 28.0. The van der Waals surface area contributed by atoms with Crippen LogP contribution in [0.1, 0.15) is 27.9 Å². The number of ether oxygens (including phenoxy) is 2. The van der Waals surface area contributed by atoms with Crippen LogP contribution in [0, 0.1) is 0 Å². The van der Waals surface area contributed by atoms with E-state index in [2.05, 4.69) is 46.6 Å². The van der Waals surface area contributed by atoms with Crippen molar-refractivity contribution >= 4 is 11.9 Å². The number of carbonyl (C=O) groups excluding carboxylic acids is 1. The van der Waals surface area contributed by atoms with Crippen molar-refractivity contribution in [2.45, 2.75) is 31.7 Å². The van der Waals surface area contributed by atoms with Crippen molar-refractivity contribution < 1.29 is 37.3 Å². The van der Waals surface area contributed by atoms with Crippen LogP contribution < -0.4 is 20.5 Å². The Morgan fingerprint density at radius 3 is 2.26 bits per heavy atom. The molecule has 8 nitrogen and oxygen atoms in total. The molecule has 2 aliphatic rings. The van der Waals surface area contributed by atoms with Crippen LogP contribution in [0.3, 0.4) is 0 Å². The molecule has 0 spiro atoms. The van der Waals surface area contributed by atoms with Gasteiger partial charge in [-0.15, -0.1) is 0 Å². The number of hydrogen-bond acceptors (Lipinski definition) is 6. The highest BCUT2D eigenvalue weighted by Gasteiger charge is 2.38. The first kappa shape index (κ1) is 27.9. The SMILES string of the molecule is NC1CCN(Cc2cccc(-c3cccc(CNC(=O)c4ccc5c(c4)OCO5)c3)c2)C1.O=C(O)C(F)(F)F. The first-order valence-electron chi connectivity index (χ1n) is 12.2. The number of nitrogens with zero attached hydrogens (tertiary/aromatic N) is 1. The van der Waals surface area contributed by atoms with E-state index < -0.39 is 12.1 Å². The second-order valence-electron chi connectivity index (χ2n) is 9.24. The fraction of sp³-hybridized carbons (Fsp3) is 0.286. The van der Waals surface area contributed by atoms with Gasteiger partial charge in [0.15, 0.2) is 11.5 Å². The Hall–Kier alpha value is -4.09. The van der Waals surface area contributed by atoms with E-state index in [9.17, 15) is 18.0 Å². The predicted molar refractivity (Wildman–Crippen MR) is 137 cm³/mol. The summed E-state index contributed by atoms with van der Waals surface area (Å²) in [5.41, 5.74) is 11.3. The summed E-state index contributed by atoms with van der Waals surface area (Å²) in [6, 6.07) is 22.5. The summed E-state index contributed by atoms with van der Waals surface area (Å²) in [5, 5.41) is 10.1. The number of carbonyl (C=O) groups is 2. The lowest BCUT2D eigenvalue weighted by molar-refractivity contribution is -0.192. The molecule has 1 atom stereocenters. The number of rotatable bonds is 6. The Kier molecular flexibility index (Phi) is 8.72. The van der Waals surface area contributed by atoms with Crippen molar-refractivity contribution in [2.75, 3.05) is 19.9 Å². The van der Waals surface area contributed by atoms with Crippen LogP contribution in [-0.2, 0) is 17.9 Å². The topological polar surface area (TPSA) is 114 Å². The van der Waals surface area contributed by atoms with Gasteiger partial charge in [-0.1, -0.05) is 36.4 Å². The quantitative estimate of drug-likeness (QED) is 0.428. The van der Waals surface area contributed by atoms with E-state index >= 15 is 0 Å². The maximum Gasteiger partial charge on any atom is 0.490 e. The van der Waals surface area contributed by atoms with Crippen molar-refractivity contribution in [1.82, 2.24) is 10.2 Å². The third kappa shape index (κ3) is 7.71. The summed E-state index contributed by atoms with van der Waals surface area (Å²) >= 11 is 0. The zero-order valence-corrected chi connectivity index (χ0v) is 20.9. The van der Waals surface area contributed by atoms with Crippen LogP contribution in [0.5, 0.6) is 11.5 Å². The molecule has 1 unspecified atom stereocenters. The van der Waals surface area contributed by atoms with E-state index in [0.29, 0.717) is 29.6 Å². The van der Waals surface area contributed by atoms with Gasteiger partial charge in [-0.25, -0.2) is 4.79 Å². The molecular weight excluding hydrogens is 515 g/mol. The molecule has 0 bridgehead atoms. The number of amides is 1. The van der Waals surface area contributed by atoms with Gasteiger partial charge in [-0.05, 0) is 59.0 Å². The largest absolute Gasteiger partial charge is 0.490 e. The predicted octanol–water partition coefficient (Wildman–Crippen LogP) is 4.18. The molecule has 39 heavy (non-hydrogen) atoms. The molecule has 1 fully saturated rings. The molecule has 2 aliphatic heterocycles. The van der Waals surface area contributed by atoms with Crippen LogP contribution >= 0.6 is 0 Å². The Balaban J connectivity index is 0.000000448. The average Bonchev–Trinajstić information content (AvgIpc) is 3.55. The van der Waals surface area contributed by atoms with E-state index in [0.717, 1.165) is 37.2 Å². The lowest BCUT2D eigenvalue weighted by Gasteiger charge is -2.16. The molecular formula is C28H28F3N3O5. The fourth-order valence-corrected chi connectivity index (χ4v) is 4.30. The van der Waals surface area contributed by atoms with Gasteiger partial charge in [-0.2, -0.15) is 13.2 Å². The molecule has 0 saturated carbocycles. The highest BCUT2D eigenvalue weighted by Crippen LogP contribution is 2.32. The Labute approximate surface area is 223 Å². The number of carboxylic acids is 1. The van der Waals surface area contributed by atoms with Crippen LogP contribution in [0.25, 0.3) is 11.1 Å². The number of fused-ring (bicyclic) bond motifs is 1. The molecule has 3 aromatic rings. The fourth-order valence-electron chi connectivity index (χ4n) is 4.30. The molecule has 1 saturated heterocycles. The lowest BCUT2D eigenvalue weighted by Crippen LogP contribution is -2.26. The van der Waals surface area contributed by atoms with E-state index in [4.69, 9.17) is 25.1 Å². The van der Waals surface area contributed by atoms with E-state index in [1.165, 1.54) is 11.1 Å². The van der Waals surface area contributed by atoms with Gasteiger partial charge in [-0.3, -0.25) is 9.69 Å². The first-order valence-corrected chi connectivity index (χ1v) is 12.2. The number of alkyl halides is 3. The van der Waals surface area contributed by atoms with Gasteiger partial charge in [0.2, 0.25) is 6.79 Å². The third-order valence-corrected chi connectivity index (χ3v) is 6.23. The molecule has 2 heterocycles. The number of nitrogens with one attached hydrogen (secondary N) is 1. The summed E-state index contributed by atoms with van der Waals surface area (Å²) in [5.74, 6) is -1.62. The molecule has 5 rings (SSSR count). The van der Waals surface area contributed by atoms with Gasteiger partial charge in [0.1, 0.15) is 0 Å². The van der Waals surface area contributed by atoms with E-state index in [1.807, 2.05) is 12.1 Å². The standard InChI is InChI=1S/C26H27N3O3.C2HF3O2/c27-23-9-10-29(16-23)15-19-4-2-6-21(12-19)20-5-1-3-18(11-20)14-28-26(30)22-7-8-24-25(13-22)32-17-31-24;3-2(4,5)1(6)7/h1-8,11-13,23H,9-10,14-17,27H2,(H,28,30);(H,6,7). The highest BCUT2D eigenvalue weighted by molar-refractivity contribution is 5.94. The third-order valence-electron chi connectivity index (χ3n) is 6.23. The molecule has 0 radical (unpaired) electrons. The monoisotopic (exact) mass is 543 g/mol. The molecule has 0 aliphatic carbocycles. The number of halogens is 3. The maximum atomic E-state index is 12.6. The van der Waals surface area contributed by atoms with Crippen molar-refractivity contribution in [3.8, 4) is 22.6 Å². The molecule has 206 valence electrons. The minimum absolute atomic E-state index is 0.139. The maximum absolute atomic E-state index is 12.6. The summed E-state index contributed by atoms with van der Waals surface area (Å²) in [7, 11) is 0. The van der Waals surface area contributed by atoms with Gasteiger partial charge in [0.05, 0.1) is 0 Å². The van der Waals surface area contributed by atoms with Crippen molar-refractivity contribution in [1.29, 1.82) is 0 Å². The molecule has 11 heteroatoms. The summed E-state index contributed by atoms with van der Waals surface area (Å²) in [6.07, 6.45) is -4.01. The lowest BCUT2D eigenvalue weighted by atomic mass is 10.0. The van der Waals surface area contributed by atoms with E-state index in [1.54, 1.807) is 18.2 Å². The van der Waals surface area contributed by atoms with Crippen LogP contribution in [0.15, 0.2) is 66.7 Å². The van der Waals surface area contributed by atoms with Crippen molar-refractivity contribution in [3.63, 3.8) is 0 Å². The average molecular weight is 544 g/mol. The Morgan fingerprint density at radius 2 is 1.62 bits per heavy atom. The second kappa shape index (κ2) is 12.2. The van der Waals surface area contributed by atoms with Gasteiger partial charge < -0.3 is 25.6 Å². The van der Waals surface area contributed by atoms with Crippen LogP contribution in [0.2, 0.25) is 0 Å². The highest BCUT2D eigenvalue weighted by atomic mass is 19.4. The van der Waals surface area contributed by atoms with E-state index in [-0.39, 0.29) is 12.7 Å². The zero-order valence-electron chi connectivity index (χ0n) is 20.9. The second-order valence-corrected chi connectivity index (χ2v) is 9.24. The normalized spacial score (nSPS) is 16.4. The smallest absolute Gasteiger partial charge is 0.475 e.